The fourth-order valence-corrected chi connectivity index (χ4v) is 2.63. The molecule has 0 amide bonds. The molecule has 18 heavy (non-hydrogen) atoms. The average molecular weight is 254 g/mol. The second-order valence-electron chi connectivity index (χ2n) is 5.52. The molecule has 1 fully saturated rings. The van der Waals surface area contributed by atoms with E-state index in [0.717, 1.165) is 12.8 Å². The molecule has 0 aromatic rings. The lowest BCUT2D eigenvalue weighted by atomic mass is 9.69. The van der Waals surface area contributed by atoms with Crippen molar-refractivity contribution in [1.29, 1.82) is 0 Å². The van der Waals surface area contributed by atoms with Gasteiger partial charge in [0.15, 0.2) is 5.78 Å². The summed E-state index contributed by atoms with van der Waals surface area (Å²) >= 11 is 0. The maximum atomic E-state index is 12.1. The number of ketones is 2. The van der Waals surface area contributed by atoms with Gasteiger partial charge in [-0.2, -0.15) is 0 Å². The Labute approximate surface area is 108 Å². The number of carbonyl (C=O) groups is 3. The molecular formula is C14H22O4. The number of rotatable bonds is 5. The standard InChI is InChI=1S/C14H22O4/c1-10(2)8-11(15)9-14(13(17)18-3)7-5-4-6-12(14)16/h10H,4-9H2,1-3H3. The van der Waals surface area contributed by atoms with Crippen molar-refractivity contribution in [1.82, 2.24) is 0 Å². The van der Waals surface area contributed by atoms with Gasteiger partial charge in [0.25, 0.3) is 0 Å². The van der Waals surface area contributed by atoms with Gasteiger partial charge >= 0.3 is 5.97 Å². The lowest BCUT2D eigenvalue weighted by molar-refractivity contribution is -0.162. The summed E-state index contributed by atoms with van der Waals surface area (Å²) in [7, 11) is 1.28. The van der Waals surface area contributed by atoms with Gasteiger partial charge in [0, 0.05) is 19.3 Å². The molecule has 102 valence electrons. The molecule has 0 aromatic carbocycles. The third-order valence-corrected chi connectivity index (χ3v) is 3.50. The minimum atomic E-state index is -1.20. The lowest BCUT2D eigenvalue weighted by Gasteiger charge is -2.32. The van der Waals surface area contributed by atoms with Gasteiger partial charge in [0.05, 0.1) is 7.11 Å². The molecule has 1 saturated carbocycles. The normalized spacial score (nSPS) is 24.1. The van der Waals surface area contributed by atoms with E-state index in [1.54, 1.807) is 0 Å². The number of esters is 1. The number of Topliss-reactive ketones (excluding diaryl/α,β-unsaturated/α-hetero) is 2. The van der Waals surface area contributed by atoms with Crippen LogP contribution < -0.4 is 0 Å². The zero-order chi connectivity index (χ0) is 13.8. The molecule has 0 saturated heterocycles. The molecular weight excluding hydrogens is 232 g/mol. The van der Waals surface area contributed by atoms with Crippen LogP contribution >= 0.6 is 0 Å². The Balaban J connectivity index is 2.87. The first-order chi connectivity index (χ1) is 8.42. The predicted octanol–water partition coefficient (Wildman–Crippen LogP) is 2.29. The summed E-state index contributed by atoms with van der Waals surface area (Å²) in [6, 6.07) is 0. The first-order valence-corrected chi connectivity index (χ1v) is 6.56. The smallest absolute Gasteiger partial charge is 0.319 e. The summed E-state index contributed by atoms with van der Waals surface area (Å²) < 4.78 is 4.76. The van der Waals surface area contributed by atoms with Gasteiger partial charge in [0.2, 0.25) is 0 Å². The van der Waals surface area contributed by atoms with Crippen LogP contribution in [0.1, 0.15) is 52.4 Å². The van der Waals surface area contributed by atoms with Crippen LogP contribution in [0.15, 0.2) is 0 Å². The fraction of sp³-hybridized carbons (Fsp3) is 0.786. The van der Waals surface area contributed by atoms with Crippen molar-refractivity contribution in [2.24, 2.45) is 11.3 Å². The molecule has 0 N–H and O–H groups in total. The minimum Gasteiger partial charge on any atom is -0.468 e. The number of hydrogen-bond acceptors (Lipinski definition) is 4. The highest BCUT2D eigenvalue weighted by molar-refractivity contribution is 6.07. The van der Waals surface area contributed by atoms with E-state index in [4.69, 9.17) is 4.74 Å². The highest BCUT2D eigenvalue weighted by atomic mass is 16.5. The van der Waals surface area contributed by atoms with E-state index in [1.165, 1.54) is 7.11 Å². The van der Waals surface area contributed by atoms with E-state index in [9.17, 15) is 14.4 Å². The van der Waals surface area contributed by atoms with Gasteiger partial charge < -0.3 is 4.74 Å². The third kappa shape index (κ3) is 3.18. The maximum Gasteiger partial charge on any atom is 0.319 e. The molecule has 0 aromatic heterocycles. The zero-order valence-electron chi connectivity index (χ0n) is 11.5. The van der Waals surface area contributed by atoms with E-state index in [1.807, 2.05) is 13.8 Å². The fourth-order valence-electron chi connectivity index (χ4n) is 2.63. The Hall–Kier alpha value is -1.19. The first kappa shape index (κ1) is 14.9. The molecule has 0 spiro atoms. The molecule has 1 rings (SSSR count). The average Bonchev–Trinajstić information content (AvgIpc) is 2.30. The van der Waals surface area contributed by atoms with E-state index in [2.05, 4.69) is 0 Å². The van der Waals surface area contributed by atoms with Gasteiger partial charge in [-0.15, -0.1) is 0 Å². The largest absolute Gasteiger partial charge is 0.468 e. The molecule has 1 aliphatic carbocycles. The monoisotopic (exact) mass is 254 g/mol. The Morgan fingerprint density at radius 2 is 2.00 bits per heavy atom. The Morgan fingerprint density at radius 3 is 2.50 bits per heavy atom. The number of methoxy groups -OCH3 is 1. The molecule has 0 bridgehead atoms. The highest BCUT2D eigenvalue weighted by Crippen LogP contribution is 2.38. The first-order valence-electron chi connectivity index (χ1n) is 6.56. The van der Waals surface area contributed by atoms with Crippen molar-refractivity contribution in [3.63, 3.8) is 0 Å². The molecule has 1 aliphatic rings. The minimum absolute atomic E-state index is 0.0106. The summed E-state index contributed by atoms with van der Waals surface area (Å²) in [4.78, 5) is 35.9. The molecule has 0 aliphatic heterocycles. The zero-order valence-corrected chi connectivity index (χ0v) is 11.5. The lowest BCUT2D eigenvalue weighted by Crippen LogP contribution is -2.44. The van der Waals surface area contributed by atoms with Crippen LogP contribution in [-0.2, 0) is 19.1 Å². The topological polar surface area (TPSA) is 60.4 Å². The summed E-state index contributed by atoms with van der Waals surface area (Å²) in [6.07, 6.45) is 2.85. The van der Waals surface area contributed by atoms with Gasteiger partial charge in [-0.3, -0.25) is 14.4 Å². The maximum absolute atomic E-state index is 12.1. The molecule has 0 radical (unpaired) electrons. The third-order valence-electron chi connectivity index (χ3n) is 3.50. The molecule has 1 atom stereocenters. The van der Waals surface area contributed by atoms with Gasteiger partial charge in [0.1, 0.15) is 11.2 Å². The van der Waals surface area contributed by atoms with Crippen molar-refractivity contribution in [2.75, 3.05) is 7.11 Å². The van der Waals surface area contributed by atoms with Crippen LogP contribution in [0.25, 0.3) is 0 Å². The van der Waals surface area contributed by atoms with Crippen LogP contribution in [0.2, 0.25) is 0 Å². The SMILES string of the molecule is COC(=O)C1(CC(=O)CC(C)C)CCCCC1=O. The van der Waals surface area contributed by atoms with E-state index < -0.39 is 11.4 Å². The Bertz CT molecular complexity index is 336. The van der Waals surface area contributed by atoms with Crippen LogP contribution in [0.4, 0.5) is 0 Å². The highest BCUT2D eigenvalue weighted by Gasteiger charge is 2.48. The summed E-state index contributed by atoms with van der Waals surface area (Å²) in [5, 5.41) is 0. The van der Waals surface area contributed by atoms with Crippen LogP contribution in [0.5, 0.6) is 0 Å². The Morgan fingerprint density at radius 1 is 1.33 bits per heavy atom. The van der Waals surface area contributed by atoms with E-state index in [0.29, 0.717) is 19.3 Å². The quantitative estimate of drug-likeness (QED) is 0.558. The van der Waals surface area contributed by atoms with Crippen LogP contribution in [0.3, 0.4) is 0 Å². The van der Waals surface area contributed by atoms with Crippen molar-refractivity contribution in [3.05, 3.63) is 0 Å². The van der Waals surface area contributed by atoms with Crippen LogP contribution in [-0.4, -0.2) is 24.6 Å². The molecule has 1 unspecified atom stereocenters. The molecule has 4 heteroatoms. The summed E-state index contributed by atoms with van der Waals surface area (Å²) in [5.74, 6) is -0.446. The van der Waals surface area contributed by atoms with Crippen molar-refractivity contribution in [3.8, 4) is 0 Å². The summed E-state index contributed by atoms with van der Waals surface area (Å²) in [5.41, 5.74) is -1.20. The second-order valence-corrected chi connectivity index (χ2v) is 5.52. The van der Waals surface area contributed by atoms with Crippen LogP contribution in [0, 0.1) is 11.3 Å². The number of carbonyl (C=O) groups excluding carboxylic acids is 3. The summed E-state index contributed by atoms with van der Waals surface area (Å²) in [6.45, 7) is 3.90. The number of ether oxygens (including phenoxy) is 1. The van der Waals surface area contributed by atoms with Gasteiger partial charge in [-0.1, -0.05) is 20.3 Å². The predicted molar refractivity (Wildman–Crippen MR) is 67.0 cm³/mol. The molecule has 4 nitrogen and oxygen atoms in total. The van der Waals surface area contributed by atoms with Crippen molar-refractivity contribution < 1.29 is 19.1 Å². The Kier molecular flexibility index (Phi) is 5.05. The van der Waals surface area contributed by atoms with E-state index >= 15 is 0 Å². The number of hydrogen-bond donors (Lipinski definition) is 0. The van der Waals surface area contributed by atoms with Crippen molar-refractivity contribution in [2.45, 2.75) is 52.4 Å². The second kappa shape index (κ2) is 6.12. The van der Waals surface area contributed by atoms with Crippen molar-refractivity contribution >= 4 is 17.5 Å². The van der Waals surface area contributed by atoms with E-state index in [-0.39, 0.29) is 23.9 Å². The molecule has 0 heterocycles. The van der Waals surface area contributed by atoms with Gasteiger partial charge in [-0.05, 0) is 18.8 Å². The van der Waals surface area contributed by atoms with Gasteiger partial charge in [-0.25, -0.2) is 0 Å².